The van der Waals surface area contributed by atoms with Crippen molar-refractivity contribution < 1.29 is 14.6 Å². The number of fused-ring (bicyclic) bond motifs is 1. The van der Waals surface area contributed by atoms with Crippen molar-refractivity contribution in [1.82, 2.24) is 15.3 Å². The number of nitrogens with one attached hydrogen (secondary N) is 1. The number of ether oxygens (including phenoxy) is 1. The van der Waals surface area contributed by atoms with Crippen molar-refractivity contribution in [3.8, 4) is 11.6 Å². The molecular formula is C18H17N3O3. The number of hydrogen-bond donors (Lipinski definition) is 2. The number of rotatable bonds is 6. The van der Waals surface area contributed by atoms with E-state index in [0.29, 0.717) is 18.1 Å². The number of likely N-dealkylation sites (N-methyl/N-ethyl adjacent to an activating group) is 1. The Bertz CT molecular complexity index is 844. The van der Waals surface area contributed by atoms with Crippen LogP contribution in [-0.2, 0) is 11.2 Å². The summed E-state index contributed by atoms with van der Waals surface area (Å²) in [5.41, 5.74) is 0.914. The van der Waals surface area contributed by atoms with Crippen molar-refractivity contribution in [3.63, 3.8) is 0 Å². The number of nitrogens with zero attached hydrogens (tertiary/aromatic N) is 2. The number of carbonyl (C=O) groups is 1. The maximum Gasteiger partial charge on any atom is 0.321 e. The summed E-state index contributed by atoms with van der Waals surface area (Å²) in [6.45, 7) is 0. The van der Waals surface area contributed by atoms with Gasteiger partial charge in [0.05, 0.1) is 5.39 Å². The molecule has 0 unspecified atom stereocenters. The molecule has 1 atom stereocenters. The molecule has 0 amide bonds. The molecule has 0 radical (unpaired) electrons. The zero-order valence-electron chi connectivity index (χ0n) is 13.1. The largest absolute Gasteiger partial charge is 0.480 e. The van der Waals surface area contributed by atoms with Gasteiger partial charge in [0.2, 0.25) is 5.88 Å². The Kier molecular flexibility index (Phi) is 4.67. The molecule has 0 saturated heterocycles. The molecule has 6 heteroatoms. The average Bonchev–Trinajstić information content (AvgIpc) is 2.61. The van der Waals surface area contributed by atoms with Crippen LogP contribution in [0.25, 0.3) is 10.8 Å². The minimum Gasteiger partial charge on any atom is -0.480 e. The van der Waals surface area contributed by atoms with Gasteiger partial charge in [0.1, 0.15) is 11.8 Å². The Labute approximate surface area is 139 Å². The molecule has 3 aromatic rings. The molecule has 1 aromatic carbocycles. The van der Waals surface area contributed by atoms with E-state index in [-0.39, 0.29) is 0 Å². The SMILES string of the molecule is CN[C@@H](Cc1ccc(Oc2nccc3ccncc23)cc1)C(=O)O. The van der Waals surface area contributed by atoms with Crippen molar-refractivity contribution in [2.24, 2.45) is 0 Å². The van der Waals surface area contributed by atoms with E-state index in [2.05, 4.69) is 15.3 Å². The quantitative estimate of drug-likeness (QED) is 0.725. The van der Waals surface area contributed by atoms with Crippen LogP contribution in [0.1, 0.15) is 5.56 Å². The molecule has 0 spiro atoms. The maximum atomic E-state index is 11.1. The summed E-state index contributed by atoms with van der Waals surface area (Å²) in [6.07, 6.45) is 5.54. The van der Waals surface area contributed by atoms with Crippen LogP contribution in [0.2, 0.25) is 0 Å². The van der Waals surface area contributed by atoms with E-state index >= 15 is 0 Å². The first kappa shape index (κ1) is 15.9. The van der Waals surface area contributed by atoms with Gasteiger partial charge in [0, 0.05) is 18.6 Å². The van der Waals surface area contributed by atoms with E-state index in [1.165, 1.54) is 0 Å². The van der Waals surface area contributed by atoms with Crippen LogP contribution in [0.3, 0.4) is 0 Å². The molecule has 0 aliphatic carbocycles. The highest BCUT2D eigenvalue weighted by molar-refractivity contribution is 5.85. The lowest BCUT2D eigenvalue weighted by atomic mass is 10.1. The van der Waals surface area contributed by atoms with Crippen LogP contribution in [0, 0.1) is 0 Å². The van der Waals surface area contributed by atoms with Gasteiger partial charge in [-0.05, 0) is 48.7 Å². The van der Waals surface area contributed by atoms with Gasteiger partial charge in [-0.3, -0.25) is 9.78 Å². The Hall–Kier alpha value is -2.99. The van der Waals surface area contributed by atoms with Gasteiger partial charge in [0.15, 0.2) is 0 Å². The second-order valence-electron chi connectivity index (χ2n) is 5.34. The zero-order chi connectivity index (χ0) is 16.9. The second kappa shape index (κ2) is 7.06. The van der Waals surface area contributed by atoms with Crippen LogP contribution in [0.15, 0.2) is 55.0 Å². The van der Waals surface area contributed by atoms with E-state index in [1.54, 1.807) is 37.8 Å². The summed E-state index contributed by atoms with van der Waals surface area (Å²) in [4.78, 5) is 19.4. The normalized spacial score (nSPS) is 12.0. The Balaban J connectivity index is 1.77. The predicted octanol–water partition coefficient (Wildman–Crippen LogP) is 2.64. The Morgan fingerprint density at radius 1 is 1.21 bits per heavy atom. The fourth-order valence-corrected chi connectivity index (χ4v) is 2.42. The first-order chi connectivity index (χ1) is 11.7. The van der Waals surface area contributed by atoms with E-state index in [0.717, 1.165) is 16.3 Å². The minimum absolute atomic E-state index is 0.405. The van der Waals surface area contributed by atoms with Crippen molar-refractivity contribution in [2.45, 2.75) is 12.5 Å². The minimum atomic E-state index is -0.870. The van der Waals surface area contributed by atoms with Gasteiger partial charge in [-0.2, -0.15) is 0 Å². The predicted molar refractivity (Wildman–Crippen MR) is 90.2 cm³/mol. The van der Waals surface area contributed by atoms with E-state index in [9.17, 15) is 4.79 Å². The van der Waals surface area contributed by atoms with Crippen LogP contribution >= 0.6 is 0 Å². The molecule has 2 heterocycles. The van der Waals surface area contributed by atoms with Gasteiger partial charge in [-0.15, -0.1) is 0 Å². The Morgan fingerprint density at radius 2 is 1.96 bits per heavy atom. The van der Waals surface area contributed by atoms with Crippen molar-refractivity contribution in [1.29, 1.82) is 0 Å². The van der Waals surface area contributed by atoms with Crippen molar-refractivity contribution in [3.05, 3.63) is 60.6 Å². The topological polar surface area (TPSA) is 84.3 Å². The van der Waals surface area contributed by atoms with E-state index in [4.69, 9.17) is 9.84 Å². The number of carboxylic acid groups (broad SMARTS) is 1. The summed E-state index contributed by atoms with van der Waals surface area (Å²) in [7, 11) is 1.64. The van der Waals surface area contributed by atoms with Gasteiger partial charge in [0.25, 0.3) is 0 Å². The number of pyridine rings is 2. The third-order valence-corrected chi connectivity index (χ3v) is 3.76. The molecular weight excluding hydrogens is 306 g/mol. The smallest absolute Gasteiger partial charge is 0.321 e. The summed E-state index contributed by atoms with van der Waals surface area (Å²) < 4.78 is 5.84. The fraction of sp³-hybridized carbons (Fsp3) is 0.167. The molecule has 2 N–H and O–H groups in total. The average molecular weight is 323 g/mol. The lowest BCUT2D eigenvalue weighted by Gasteiger charge is -2.12. The second-order valence-corrected chi connectivity index (χ2v) is 5.34. The van der Waals surface area contributed by atoms with Crippen molar-refractivity contribution >= 4 is 16.7 Å². The highest BCUT2D eigenvalue weighted by Gasteiger charge is 2.15. The molecule has 24 heavy (non-hydrogen) atoms. The molecule has 0 saturated carbocycles. The summed E-state index contributed by atoms with van der Waals surface area (Å²) in [5.74, 6) is 0.260. The molecule has 6 nitrogen and oxygen atoms in total. The molecule has 0 aliphatic rings. The van der Waals surface area contributed by atoms with Crippen LogP contribution in [0.5, 0.6) is 11.6 Å². The van der Waals surface area contributed by atoms with E-state index < -0.39 is 12.0 Å². The number of hydrogen-bond acceptors (Lipinski definition) is 5. The molecule has 3 rings (SSSR count). The summed E-state index contributed by atoms with van der Waals surface area (Å²) in [5, 5.41) is 13.7. The lowest BCUT2D eigenvalue weighted by molar-refractivity contribution is -0.139. The van der Waals surface area contributed by atoms with Gasteiger partial charge < -0.3 is 15.2 Å². The van der Waals surface area contributed by atoms with Crippen LogP contribution < -0.4 is 10.1 Å². The Morgan fingerprint density at radius 3 is 2.67 bits per heavy atom. The number of carboxylic acids is 1. The van der Waals surface area contributed by atoms with Gasteiger partial charge in [-0.25, -0.2) is 4.98 Å². The first-order valence-electron chi connectivity index (χ1n) is 7.53. The number of benzene rings is 1. The van der Waals surface area contributed by atoms with Gasteiger partial charge in [-0.1, -0.05) is 12.1 Å². The third-order valence-electron chi connectivity index (χ3n) is 3.76. The summed E-state index contributed by atoms with van der Waals surface area (Å²) in [6, 6.07) is 10.5. The molecule has 122 valence electrons. The highest BCUT2D eigenvalue weighted by atomic mass is 16.5. The first-order valence-corrected chi connectivity index (χ1v) is 7.53. The molecule has 2 aromatic heterocycles. The third kappa shape index (κ3) is 3.49. The molecule has 0 aliphatic heterocycles. The maximum absolute atomic E-state index is 11.1. The van der Waals surface area contributed by atoms with Crippen LogP contribution in [-0.4, -0.2) is 34.1 Å². The fourth-order valence-electron chi connectivity index (χ4n) is 2.42. The lowest BCUT2D eigenvalue weighted by Crippen LogP contribution is -2.35. The summed E-state index contributed by atoms with van der Waals surface area (Å²) >= 11 is 0. The van der Waals surface area contributed by atoms with Crippen LogP contribution in [0.4, 0.5) is 0 Å². The number of aliphatic carboxylic acids is 1. The highest BCUT2D eigenvalue weighted by Crippen LogP contribution is 2.27. The molecule has 0 bridgehead atoms. The standard InChI is InChI=1S/C18H17N3O3/c1-19-16(18(22)23)10-12-2-4-14(5-3-12)24-17-15-11-20-8-6-13(15)7-9-21-17/h2-9,11,16,19H,10H2,1H3,(H,22,23)/t16-/m0/s1. The zero-order valence-corrected chi connectivity index (χ0v) is 13.1. The molecule has 0 fully saturated rings. The number of aromatic nitrogens is 2. The van der Waals surface area contributed by atoms with Gasteiger partial charge >= 0.3 is 5.97 Å². The van der Waals surface area contributed by atoms with Crippen molar-refractivity contribution in [2.75, 3.05) is 7.05 Å². The van der Waals surface area contributed by atoms with E-state index in [1.807, 2.05) is 24.3 Å². The monoisotopic (exact) mass is 323 g/mol.